The number of likely N-dealkylation sites (tertiary alicyclic amines) is 1. The number of nitrogens with zero attached hydrogens (tertiary/aromatic N) is 2. The summed E-state index contributed by atoms with van der Waals surface area (Å²) in [5.41, 5.74) is 1.55. The summed E-state index contributed by atoms with van der Waals surface area (Å²) in [4.78, 5) is 14.6. The molecule has 2 N–H and O–H groups in total. The Kier molecular flexibility index (Phi) is 3.21. The van der Waals surface area contributed by atoms with Crippen LogP contribution in [0.1, 0.15) is 23.2 Å². The van der Waals surface area contributed by atoms with Gasteiger partial charge in [0.25, 0.3) is 5.91 Å². The van der Waals surface area contributed by atoms with Crippen LogP contribution < -0.4 is 5.32 Å². The third-order valence-electron chi connectivity index (χ3n) is 3.82. The second-order valence-corrected chi connectivity index (χ2v) is 5.02. The van der Waals surface area contributed by atoms with Gasteiger partial charge in [-0.1, -0.05) is 12.1 Å². The summed E-state index contributed by atoms with van der Waals surface area (Å²) in [5.74, 6) is 0.0924. The number of likely N-dealkylation sites (N-methyl/N-ethyl adjacent to an activating group) is 1. The lowest BCUT2D eigenvalue weighted by Crippen LogP contribution is -2.47. The molecule has 1 fully saturated rings. The van der Waals surface area contributed by atoms with Crippen LogP contribution in [0.3, 0.4) is 0 Å². The number of nitrogens with one attached hydrogen (secondary N) is 2. The molecule has 5 heteroatoms. The van der Waals surface area contributed by atoms with E-state index in [0.29, 0.717) is 11.6 Å². The zero-order valence-corrected chi connectivity index (χ0v) is 11.0. The van der Waals surface area contributed by atoms with Gasteiger partial charge in [-0.15, -0.1) is 0 Å². The molecular weight excluding hydrogens is 240 g/mol. The Labute approximate surface area is 112 Å². The van der Waals surface area contributed by atoms with Crippen LogP contribution in [0.2, 0.25) is 0 Å². The first kappa shape index (κ1) is 12.2. The summed E-state index contributed by atoms with van der Waals surface area (Å²) in [7, 11) is 1.95. The lowest BCUT2D eigenvalue weighted by molar-refractivity contribution is 0.0700. The average molecular weight is 258 g/mol. The Morgan fingerprint density at radius 1 is 1.53 bits per heavy atom. The van der Waals surface area contributed by atoms with Crippen LogP contribution in [0.4, 0.5) is 0 Å². The fraction of sp³-hybridized carbons (Fsp3) is 0.429. The van der Waals surface area contributed by atoms with Gasteiger partial charge in [-0.2, -0.15) is 5.10 Å². The molecule has 1 aliphatic rings. The number of aromatic nitrogens is 2. The molecule has 1 amide bonds. The number of hydrogen-bond acceptors (Lipinski definition) is 3. The Morgan fingerprint density at radius 2 is 2.42 bits per heavy atom. The highest BCUT2D eigenvalue weighted by atomic mass is 16.2. The molecule has 1 saturated heterocycles. The smallest absolute Gasteiger partial charge is 0.256 e. The van der Waals surface area contributed by atoms with Crippen molar-refractivity contribution in [1.82, 2.24) is 20.4 Å². The number of rotatable bonds is 2. The molecule has 0 unspecified atom stereocenters. The number of carbonyl (C=O) groups excluding carboxylic acids is 1. The number of para-hydroxylation sites is 1. The number of benzene rings is 1. The van der Waals surface area contributed by atoms with Crippen LogP contribution in [0, 0.1) is 0 Å². The van der Waals surface area contributed by atoms with E-state index in [1.165, 1.54) is 0 Å². The molecule has 1 aromatic heterocycles. The molecule has 0 saturated carbocycles. The van der Waals surface area contributed by atoms with Crippen molar-refractivity contribution < 1.29 is 4.79 Å². The maximum Gasteiger partial charge on any atom is 0.256 e. The lowest BCUT2D eigenvalue weighted by atomic mass is 10.0. The van der Waals surface area contributed by atoms with Gasteiger partial charge in [0.1, 0.15) is 0 Å². The van der Waals surface area contributed by atoms with Crippen molar-refractivity contribution in [2.45, 2.75) is 18.9 Å². The normalized spacial score (nSPS) is 19.8. The van der Waals surface area contributed by atoms with Gasteiger partial charge in [-0.05, 0) is 26.0 Å². The summed E-state index contributed by atoms with van der Waals surface area (Å²) in [6.07, 6.45) is 3.93. The van der Waals surface area contributed by atoms with Gasteiger partial charge in [0, 0.05) is 24.5 Å². The number of piperidine rings is 1. The van der Waals surface area contributed by atoms with E-state index in [-0.39, 0.29) is 5.91 Å². The first-order valence-electron chi connectivity index (χ1n) is 6.68. The topological polar surface area (TPSA) is 61.0 Å². The summed E-state index contributed by atoms with van der Waals surface area (Å²) in [6, 6.07) is 6.14. The van der Waals surface area contributed by atoms with E-state index in [1.807, 2.05) is 30.1 Å². The van der Waals surface area contributed by atoms with Crippen LogP contribution in [0.5, 0.6) is 0 Å². The lowest BCUT2D eigenvalue weighted by Gasteiger charge is -2.32. The maximum absolute atomic E-state index is 12.6. The van der Waals surface area contributed by atoms with E-state index >= 15 is 0 Å². The molecular formula is C14H18N4O. The first-order valence-corrected chi connectivity index (χ1v) is 6.68. The first-order chi connectivity index (χ1) is 9.29. The van der Waals surface area contributed by atoms with Crippen molar-refractivity contribution >= 4 is 16.8 Å². The standard InChI is InChI=1S/C14H18N4O/c1-15-11-5-3-7-18(9-11)14(19)12-6-2-4-10-8-16-17-13(10)12/h2,4,6,8,11,15H,3,5,7,9H2,1H3,(H,16,17)/t11-/m1/s1. The van der Waals surface area contributed by atoms with Gasteiger partial charge in [0.2, 0.25) is 0 Å². The Hall–Kier alpha value is -1.88. The van der Waals surface area contributed by atoms with Crippen LogP contribution in [-0.2, 0) is 0 Å². The fourth-order valence-corrected chi connectivity index (χ4v) is 2.71. The minimum atomic E-state index is 0.0924. The van der Waals surface area contributed by atoms with Crippen molar-refractivity contribution in [2.24, 2.45) is 0 Å². The molecule has 5 nitrogen and oxygen atoms in total. The summed E-state index contributed by atoms with van der Waals surface area (Å²) >= 11 is 0. The highest BCUT2D eigenvalue weighted by Gasteiger charge is 2.24. The minimum Gasteiger partial charge on any atom is -0.337 e. The molecule has 1 atom stereocenters. The summed E-state index contributed by atoms with van der Waals surface area (Å²) in [6.45, 7) is 1.61. The van der Waals surface area contributed by atoms with E-state index in [9.17, 15) is 4.79 Å². The molecule has 0 aliphatic carbocycles. The number of H-pyrrole nitrogens is 1. The quantitative estimate of drug-likeness (QED) is 0.855. The van der Waals surface area contributed by atoms with E-state index in [2.05, 4.69) is 15.5 Å². The summed E-state index contributed by atoms with van der Waals surface area (Å²) < 4.78 is 0. The highest BCUT2D eigenvalue weighted by Crippen LogP contribution is 2.19. The zero-order valence-electron chi connectivity index (χ0n) is 11.0. The number of carbonyl (C=O) groups is 1. The van der Waals surface area contributed by atoms with Crippen molar-refractivity contribution in [3.8, 4) is 0 Å². The van der Waals surface area contributed by atoms with Gasteiger partial charge in [0.05, 0.1) is 17.3 Å². The Morgan fingerprint density at radius 3 is 3.26 bits per heavy atom. The third kappa shape index (κ3) is 2.21. The van der Waals surface area contributed by atoms with E-state index in [0.717, 1.165) is 36.8 Å². The van der Waals surface area contributed by atoms with Crippen molar-refractivity contribution in [3.63, 3.8) is 0 Å². The molecule has 1 aliphatic heterocycles. The average Bonchev–Trinajstić information content (AvgIpc) is 2.95. The number of fused-ring (bicyclic) bond motifs is 1. The Balaban J connectivity index is 1.89. The Bertz CT molecular complexity index is 592. The van der Waals surface area contributed by atoms with Gasteiger partial charge in [-0.3, -0.25) is 9.89 Å². The van der Waals surface area contributed by atoms with E-state index in [1.54, 1.807) is 6.20 Å². The minimum absolute atomic E-state index is 0.0924. The molecule has 2 aromatic rings. The monoisotopic (exact) mass is 258 g/mol. The van der Waals surface area contributed by atoms with Gasteiger partial charge in [-0.25, -0.2) is 0 Å². The second-order valence-electron chi connectivity index (χ2n) is 5.02. The van der Waals surface area contributed by atoms with Crippen LogP contribution in [-0.4, -0.2) is 47.2 Å². The number of hydrogen-bond donors (Lipinski definition) is 2. The van der Waals surface area contributed by atoms with Crippen LogP contribution in [0.25, 0.3) is 10.9 Å². The van der Waals surface area contributed by atoms with Gasteiger partial charge >= 0.3 is 0 Å². The molecule has 0 spiro atoms. The largest absolute Gasteiger partial charge is 0.337 e. The zero-order chi connectivity index (χ0) is 13.2. The van der Waals surface area contributed by atoms with E-state index in [4.69, 9.17) is 0 Å². The van der Waals surface area contributed by atoms with E-state index < -0.39 is 0 Å². The van der Waals surface area contributed by atoms with Crippen LogP contribution in [0.15, 0.2) is 24.4 Å². The van der Waals surface area contributed by atoms with Gasteiger partial charge < -0.3 is 10.2 Å². The van der Waals surface area contributed by atoms with Crippen molar-refractivity contribution in [2.75, 3.05) is 20.1 Å². The van der Waals surface area contributed by atoms with Gasteiger partial charge in [0.15, 0.2) is 0 Å². The molecule has 3 rings (SSSR count). The predicted octanol–water partition coefficient (Wildman–Crippen LogP) is 1.39. The molecule has 0 bridgehead atoms. The molecule has 1 aromatic carbocycles. The van der Waals surface area contributed by atoms with Crippen molar-refractivity contribution in [3.05, 3.63) is 30.0 Å². The predicted molar refractivity (Wildman–Crippen MR) is 74.1 cm³/mol. The maximum atomic E-state index is 12.6. The SMILES string of the molecule is CN[C@@H]1CCCN(C(=O)c2cccc3cn[nH]c23)C1. The number of aromatic amines is 1. The molecule has 19 heavy (non-hydrogen) atoms. The van der Waals surface area contributed by atoms with Crippen molar-refractivity contribution in [1.29, 1.82) is 0 Å². The second kappa shape index (κ2) is 5.01. The molecule has 2 heterocycles. The summed E-state index contributed by atoms with van der Waals surface area (Å²) in [5, 5.41) is 11.2. The molecule has 100 valence electrons. The van der Waals surface area contributed by atoms with Crippen LogP contribution >= 0.6 is 0 Å². The number of amides is 1. The third-order valence-corrected chi connectivity index (χ3v) is 3.82. The fourth-order valence-electron chi connectivity index (χ4n) is 2.71. The highest BCUT2D eigenvalue weighted by molar-refractivity contribution is 6.05. The molecule has 0 radical (unpaired) electrons.